The molecule has 0 aliphatic heterocycles. The van der Waals surface area contributed by atoms with E-state index >= 15 is 0 Å². The van der Waals surface area contributed by atoms with E-state index < -0.39 is 0 Å². The number of carbonyl (C=O) groups is 2. The molecule has 0 saturated heterocycles. The Hall–Kier alpha value is -2.73. The number of amides is 2. The smallest absolute Gasteiger partial charge is 0.225 e. The van der Waals surface area contributed by atoms with Gasteiger partial charge in [0.2, 0.25) is 11.8 Å². The van der Waals surface area contributed by atoms with Crippen molar-refractivity contribution in [3.05, 3.63) is 58.9 Å². The van der Waals surface area contributed by atoms with Gasteiger partial charge in [-0.25, -0.2) is 0 Å². The van der Waals surface area contributed by atoms with Gasteiger partial charge in [0, 0.05) is 36.5 Å². The van der Waals surface area contributed by atoms with Crippen LogP contribution in [0, 0.1) is 0 Å². The Bertz CT molecular complexity index is 872. The second kappa shape index (κ2) is 7.90. The Labute approximate surface area is 150 Å². The molecule has 0 unspecified atom stereocenters. The Kier molecular flexibility index (Phi) is 5.40. The molecule has 2 aromatic heterocycles. The van der Waals surface area contributed by atoms with Crippen LogP contribution >= 0.6 is 11.3 Å². The van der Waals surface area contributed by atoms with Crippen molar-refractivity contribution < 1.29 is 9.59 Å². The molecule has 0 saturated carbocycles. The minimum atomic E-state index is -0.0781. The molecule has 0 atom stereocenters. The first-order valence-electron chi connectivity index (χ1n) is 8.06. The molecular weight excluding hydrogens is 334 g/mol. The van der Waals surface area contributed by atoms with E-state index in [0.717, 1.165) is 21.5 Å². The first-order chi connectivity index (χ1) is 12.1. The van der Waals surface area contributed by atoms with Crippen LogP contribution in [0.25, 0.3) is 10.9 Å². The third-order valence-corrected chi connectivity index (χ3v) is 4.73. The van der Waals surface area contributed by atoms with Gasteiger partial charge in [-0.2, -0.15) is 0 Å². The highest BCUT2D eigenvalue weighted by Gasteiger charge is 2.15. The maximum Gasteiger partial charge on any atom is 0.225 e. The zero-order valence-corrected chi connectivity index (χ0v) is 14.8. The van der Waals surface area contributed by atoms with Gasteiger partial charge in [-0.1, -0.05) is 24.3 Å². The average Bonchev–Trinajstić information content (AvgIpc) is 3.11. The molecule has 128 valence electrons. The number of para-hydroxylation sites is 1. The Morgan fingerprint density at radius 2 is 2.00 bits per heavy atom. The SMILES string of the molecule is CC(=O)N(CCNC(=O)Cc1cccs1)c1cccc2cccnc12. The molecule has 0 radical (unpaired) electrons. The lowest BCUT2D eigenvalue weighted by molar-refractivity contribution is -0.120. The van der Waals surface area contributed by atoms with Gasteiger partial charge in [0.15, 0.2) is 0 Å². The van der Waals surface area contributed by atoms with Gasteiger partial charge in [-0.05, 0) is 23.6 Å². The fraction of sp³-hybridized carbons (Fsp3) is 0.211. The number of aromatic nitrogens is 1. The third-order valence-electron chi connectivity index (χ3n) is 3.85. The van der Waals surface area contributed by atoms with Gasteiger partial charge in [0.25, 0.3) is 0 Å². The van der Waals surface area contributed by atoms with Crippen molar-refractivity contribution in [3.8, 4) is 0 Å². The summed E-state index contributed by atoms with van der Waals surface area (Å²) in [5.74, 6) is -0.118. The van der Waals surface area contributed by atoms with Crippen LogP contribution in [0.15, 0.2) is 54.0 Å². The second-order valence-corrected chi connectivity index (χ2v) is 6.66. The molecule has 1 N–H and O–H groups in total. The van der Waals surface area contributed by atoms with E-state index in [4.69, 9.17) is 0 Å². The van der Waals surface area contributed by atoms with E-state index in [1.807, 2.05) is 47.8 Å². The molecule has 3 aromatic rings. The van der Waals surface area contributed by atoms with Crippen LogP contribution in [0.5, 0.6) is 0 Å². The van der Waals surface area contributed by atoms with Gasteiger partial charge in [-0.15, -0.1) is 11.3 Å². The standard InChI is InChI=1S/C19H19N3O2S/c1-14(23)22(11-10-20-18(24)13-16-7-4-12-25-16)17-8-2-5-15-6-3-9-21-19(15)17/h2-9,12H,10-11,13H2,1H3,(H,20,24). The average molecular weight is 353 g/mol. The number of hydrogen-bond acceptors (Lipinski definition) is 4. The Morgan fingerprint density at radius 1 is 1.16 bits per heavy atom. The lowest BCUT2D eigenvalue weighted by Gasteiger charge is -2.22. The fourth-order valence-corrected chi connectivity index (χ4v) is 3.40. The van der Waals surface area contributed by atoms with Gasteiger partial charge in [-0.3, -0.25) is 14.6 Å². The highest BCUT2D eigenvalue weighted by molar-refractivity contribution is 7.10. The summed E-state index contributed by atoms with van der Waals surface area (Å²) in [5, 5.41) is 5.81. The number of benzene rings is 1. The van der Waals surface area contributed by atoms with E-state index in [1.165, 1.54) is 6.92 Å². The van der Waals surface area contributed by atoms with Crippen LogP contribution in [-0.4, -0.2) is 29.9 Å². The molecule has 0 fully saturated rings. The summed E-state index contributed by atoms with van der Waals surface area (Å²) in [4.78, 5) is 31.2. The Morgan fingerprint density at radius 3 is 2.76 bits per heavy atom. The number of fused-ring (bicyclic) bond motifs is 1. The van der Waals surface area contributed by atoms with Crippen molar-refractivity contribution >= 4 is 39.7 Å². The molecule has 6 heteroatoms. The molecule has 3 rings (SSSR count). The minimum absolute atomic E-state index is 0.0398. The van der Waals surface area contributed by atoms with Crippen LogP contribution in [0.2, 0.25) is 0 Å². The summed E-state index contributed by atoms with van der Waals surface area (Å²) in [6.45, 7) is 2.32. The minimum Gasteiger partial charge on any atom is -0.354 e. The second-order valence-electron chi connectivity index (χ2n) is 5.63. The largest absolute Gasteiger partial charge is 0.354 e. The predicted octanol–water partition coefficient (Wildman–Crippen LogP) is 3.01. The zero-order chi connectivity index (χ0) is 17.6. The maximum atomic E-state index is 12.1. The molecule has 0 bridgehead atoms. The van der Waals surface area contributed by atoms with E-state index in [1.54, 1.807) is 22.4 Å². The van der Waals surface area contributed by atoms with Crippen LogP contribution in [0.1, 0.15) is 11.8 Å². The zero-order valence-electron chi connectivity index (χ0n) is 13.9. The monoisotopic (exact) mass is 353 g/mol. The van der Waals surface area contributed by atoms with E-state index in [2.05, 4.69) is 10.3 Å². The van der Waals surface area contributed by atoms with Crippen LogP contribution < -0.4 is 10.2 Å². The highest BCUT2D eigenvalue weighted by atomic mass is 32.1. The number of anilines is 1. The Balaban J connectivity index is 1.67. The number of nitrogens with zero attached hydrogens (tertiary/aromatic N) is 2. The molecular formula is C19H19N3O2S. The van der Waals surface area contributed by atoms with Crippen molar-refractivity contribution in [2.45, 2.75) is 13.3 Å². The summed E-state index contributed by atoms with van der Waals surface area (Å²) in [7, 11) is 0. The van der Waals surface area contributed by atoms with Gasteiger partial charge in [0.05, 0.1) is 17.6 Å². The maximum absolute atomic E-state index is 12.1. The summed E-state index contributed by atoms with van der Waals surface area (Å²) in [5.41, 5.74) is 1.54. The van der Waals surface area contributed by atoms with Gasteiger partial charge < -0.3 is 10.2 Å². The van der Waals surface area contributed by atoms with Crippen LogP contribution in [0.4, 0.5) is 5.69 Å². The normalized spacial score (nSPS) is 10.6. The number of nitrogens with one attached hydrogen (secondary N) is 1. The highest BCUT2D eigenvalue weighted by Crippen LogP contribution is 2.24. The van der Waals surface area contributed by atoms with Gasteiger partial charge in [0.1, 0.15) is 0 Å². The third kappa shape index (κ3) is 4.22. The van der Waals surface area contributed by atoms with Gasteiger partial charge >= 0.3 is 0 Å². The summed E-state index contributed by atoms with van der Waals surface area (Å²) in [6.07, 6.45) is 2.08. The van der Waals surface area contributed by atoms with E-state index in [0.29, 0.717) is 19.5 Å². The van der Waals surface area contributed by atoms with Crippen LogP contribution in [-0.2, 0) is 16.0 Å². The molecule has 0 aliphatic rings. The lowest BCUT2D eigenvalue weighted by atomic mass is 10.1. The fourth-order valence-electron chi connectivity index (χ4n) is 2.69. The molecule has 5 nitrogen and oxygen atoms in total. The van der Waals surface area contributed by atoms with Crippen molar-refractivity contribution in [2.24, 2.45) is 0 Å². The number of carbonyl (C=O) groups excluding carboxylic acids is 2. The molecule has 25 heavy (non-hydrogen) atoms. The topological polar surface area (TPSA) is 62.3 Å². The number of rotatable bonds is 6. The first-order valence-corrected chi connectivity index (χ1v) is 8.94. The van der Waals surface area contributed by atoms with Crippen LogP contribution in [0.3, 0.4) is 0 Å². The molecule has 2 heterocycles. The molecule has 0 aliphatic carbocycles. The number of thiophene rings is 1. The van der Waals surface area contributed by atoms with E-state index in [9.17, 15) is 9.59 Å². The quantitative estimate of drug-likeness (QED) is 0.741. The number of pyridine rings is 1. The molecule has 2 amide bonds. The van der Waals surface area contributed by atoms with Crippen molar-refractivity contribution in [1.29, 1.82) is 0 Å². The molecule has 1 aromatic carbocycles. The molecule has 0 spiro atoms. The van der Waals surface area contributed by atoms with E-state index in [-0.39, 0.29) is 11.8 Å². The van der Waals surface area contributed by atoms with Crippen molar-refractivity contribution in [3.63, 3.8) is 0 Å². The summed E-state index contributed by atoms with van der Waals surface area (Å²) < 4.78 is 0. The first kappa shape index (κ1) is 17.1. The lowest BCUT2D eigenvalue weighted by Crippen LogP contribution is -2.38. The summed E-state index contributed by atoms with van der Waals surface area (Å²) in [6, 6.07) is 13.5. The summed E-state index contributed by atoms with van der Waals surface area (Å²) >= 11 is 1.56. The van der Waals surface area contributed by atoms with Crippen molar-refractivity contribution in [2.75, 3.05) is 18.0 Å². The number of hydrogen-bond donors (Lipinski definition) is 1. The predicted molar refractivity (Wildman–Crippen MR) is 101 cm³/mol. The van der Waals surface area contributed by atoms with Crippen molar-refractivity contribution in [1.82, 2.24) is 10.3 Å².